The maximum Gasteiger partial charge on any atom is 0.258 e. The van der Waals surface area contributed by atoms with Crippen LogP contribution in [0.3, 0.4) is 0 Å². The van der Waals surface area contributed by atoms with Crippen molar-refractivity contribution in [2.24, 2.45) is 0 Å². The first-order chi connectivity index (χ1) is 12.1. The molecule has 0 amide bonds. The molecule has 2 aromatic carbocycles. The number of thiazole rings is 1. The van der Waals surface area contributed by atoms with E-state index in [0.29, 0.717) is 11.2 Å². The Labute approximate surface area is 149 Å². The van der Waals surface area contributed by atoms with Gasteiger partial charge in [-0.1, -0.05) is 24.3 Å². The second kappa shape index (κ2) is 6.38. The zero-order valence-electron chi connectivity index (χ0n) is 14.1. The molecule has 4 aromatic rings. The Bertz CT molecular complexity index is 1070. The fraction of sp³-hybridized carbons (Fsp3) is 0.211. The van der Waals surface area contributed by atoms with E-state index in [1.165, 1.54) is 9.60 Å². The summed E-state index contributed by atoms with van der Waals surface area (Å²) < 4.78 is 1.20. The highest BCUT2D eigenvalue weighted by molar-refractivity contribution is 7.18. The van der Waals surface area contributed by atoms with Crippen LogP contribution in [0.2, 0.25) is 0 Å². The van der Waals surface area contributed by atoms with Crippen LogP contribution in [-0.4, -0.2) is 22.0 Å². The number of hydrogen-bond donors (Lipinski definition) is 2. The Morgan fingerprint density at radius 2 is 1.80 bits per heavy atom. The van der Waals surface area contributed by atoms with Gasteiger partial charge in [0.1, 0.15) is 17.6 Å². The van der Waals surface area contributed by atoms with E-state index in [-0.39, 0.29) is 11.6 Å². The fourth-order valence-electron chi connectivity index (χ4n) is 2.93. The van der Waals surface area contributed by atoms with E-state index in [9.17, 15) is 4.79 Å². The number of quaternary nitrogens is 1. The zero-order valence-corrected chi connectivity index (χ0v) is 14.9. The van der Waals surface area contributed by atoms with Crippen molar-refractivity contribution in [3.8, 4) is 0 Å². The lowest BCUT2D eigenvalue weighted by Crippen LogP contribution is -3.07. The van der Waals surface area contributed by atoms with E-state index < -0.39 is 0 Å². The summed E-state index contributed by atoms with van der Waals surface area (Å²) in [7, 11) is 2.10. The van der Waals surface area contributed by atoms with E-state index in [4.69, 9.17) is 4.98 Å². The molecule has 1 unspecified atom stereocenters. The monoisotopic (exact) mass is 351 g/mol. The summed E-state index contributed by atoms with van der Waals surface area (Å²) >= 11 is 1.72. The van der Waals surface area contributed by atoms with Crippen molar-refractivity contribution in [1.82, 2.24) is 15.0 Å². The zero-order chi connectivity index (χ0) is 17.4. The van der Waals surface area contributed by atoms with Gasteiger partial charge >= 0.3 is 0 Å². The van der Waals surface area contributed by atoms with Crippen molar-refractivity contribution in [3.05, 3.63) is 69.7 Å². The molecule has 0 aliphatic rings. The minimum atomic E-state index is -0.0831. The number of fused-ring (bicyclic) bond motifs is 2. The van der Waals surface area contributed by atoms with Crippen molar-refractivity contribution in [1.29, 1.82) is 0 Å². The minimum Gasteiger partial charge on any atom is -0.323 e. The van der Waals surface area contributed by atoms with Gasteiger partial charge in [-0.05, 0) is 31.2 Å². The molecule has 0 saturated carbocycles. The first-order valence-electron chi connectivity index (χ1n) is 8.27. The van der Waals surface area contributed by atoms with Gasteiger partial charge in [-0.3, -0.25) is 4.79 Å². The number of rotatable bonds is 4. The van der Waals surface area contributed by atoms with Gasteiger partial charge in [0.2, 0.25) is 0 Å². The van der Waals surface area contributed by atoms with Crippen molar-refractivity contribution in [2.45, 2.75) is 19.5 Å². The van der Waals surface area contributed by atoms with Crippen molar-refractivity contribution in [2.75, 3.05) is 7.05 Å². The molecule has 6 heteroatoms. The summed E-state index contributed by atoms with van der Waals surface area (Å²) in [6.07, 6.45) is 0. The SMILES string of the molecule is C[C@@H](c1nc2ccccc2c(=O)[nH]1)[NH+](C)Cc1nc2ccccc2s1. The number of para-hydroxylation sites is 2. The number of aromatic amines is 1. The first kappa shape index (κ1) is 15.9. The van der Waals surface area contributed by atoms with Crippen LogP contribution in [0.15, 0.2) is 53.3 Å². The van der Waals surface area contributed by atoms with E-state index in [0.717, 1.165) is 22.6 Å². The Kier molecular flexibility index (Phi) is 4.07. The molecule has 126 valence electrons. The Hall–Kier alpha value is -2.57. The largest absolute Gasteiger partial charge is 0.323 e. The lowest BCUT2D eigenvalue weighted by atomic mass is 10.2. The Balaban J connectivity index is 1.61. The van der Waals surface area contributed by atoms with Crippen LogP contribution in [0.5, 0.6) is 0 Å². The molecule has 25 heavy (non-hydrogen) atoms. The third-order valence-electron chi connectivity index (χ3n) is 4.55. The summed E-state index contributed by atoms with van der Waals surface area (Å²) in [5, 5.41) is 1.72. The maximum atomic E-state index is 12.3. The lowest BCUT2D eigenvalue weighted by Gasteiger charge is -2.20. The molecule has 2 N–H and O–H groups in total. The van der Waals surface area contributed by atoms with Gasteiger partial charge in [0, 0.05) is 0 Å². The van der Waals surface area contributed by atoms with E-state index in [2.05, 4.69) is 30.0 Å². The number of benzene rings is 2. The molecule has 0 spiro atoms. The first-order valence-corrected chi connectivity index (χ1v) is 9.09. The highest BCUT2D eigenvalue weighted by Crippen LogP contribution is 2.21. The summed E-state index contributed by atoms with van der Waals surface area (Å²) in [6, 6.07) is 15.7. The molecule has 0 aliphatic carbocycles. The van der Waals surface area contributed by atoms with Gasteiger partial charge in [0.05, 0.1) is 28.2 Å². The normalized spacial score (nSPS) is 14.0. The molecule has 0 bridgehead atoms. The number of H-pyrrole nitrogens is 1. The average Bonchev–Trinajstić information content (AvgIpc) is 3.03. The highest BCUT2D eigenvalue weighted by atomic mass is 32.1. The lowest BCUT2D eigenvalue weighted by molar-refractivity contribution is -0.924. The summed E-state index contributed by atoms with van der Waals surface area (Å²) in [6.45, 7) is 2.87. The van der Waals surface area contributed by atoms with Crippen LogP contribution in [0, 0.1) is 0 Å². The van der Waals surface area contributed by atoms with Gasteiger partial charge in [-0.25, -0.2) is 9.97 Å². The van der Waals surface area contributed by atoms with Crippen LogP contribution in [0.1, 0.15) is 23.8 Å². The van der Waals surface area contributed by atoms with Crippen LogP contribution in [-0.2, 0) is 6.54 Å². The number of hydrogen-bond acceptors (Lipinski definition) is 4. The molecular weight excluding hydrogens is 332 g/mol. The maximum absolute atomic E-state index is 12.3. The number of nitrogens with one attached hydrogen (secondary N) is 2. The van der Waals surface area contributed by atoms with Crippen LogP contribution < -0.4 is 10.5 Å². The molecule has 0 radical (unpaired) electrons. The highest BCUT2D eigenvalue weighted by Gasteiger charge is 2.20. The van der Waals surface area contributed by atoms with Gasteiger partial charge in [-0.15, -0.1) is 11.3 Å². The van der Waals surface area contributed by atoms with Gasteiger partial charge in [0.25, 0.3) is 5.56 Å². The molecule has 4 rings (SSSR count). The second-order valence-corrected chi connectivity index (χ2v) is 7.40. The predicted octanol–water partition coefficient (Wildman–Crippen LogP) is 2.31. The Morgan fingerprint density at radius 3 is 2.60 bits per heavy atom. The van der Waals surface area contributed by atoms with Gasteiger partial charge < -0.3 is 9.88 Å². The third kappa shape index (κ3) is 3.06. The molecular formula is C19H19N4OS+. The second-order valence-electron chi connectivity index (χ2n) is 6.29. The van der Waals surface area contributed by atoms with Gasteiger partial charge in [0.15, 0.2) is 5.82 Å². The smallest absolute Gasteiger partial charge is 0.258 e. The standard InChI is InChI=1S/C19H18N4OS/c1-12(18-21-14-8-4-3-7-13(14)19(24)22-18)23(2)11-17-20-15-9-5-6-10-16(15)25-17/h3-10,12H,11H2,1-2H3,(H,21,22,24)/p+1/t12-/m0/s1. The topological polar surface area (TPSA) is 63.1 Å². The third-order valence-corrected chi connectivity index (χ3v) is 5.59. The average molecular weight is 351 g/mol. The number of nitrogens with zero attached hydrogens (tertiary/aromatic N) is 2. The molecule has 5 nitrogen and oxygen atoms in total. The molecule has 2 atom stereocenters. The molecule has 0 aliphatic heterocycles. The molecule has 2 heterocycles. The fourth-order valence-corrected chi connectivity index (χ4v) is 3.99. The van der Waals surface area contributed by atoms with Crippen LogP contribution in [0.4, 0.5) is 0 Å². The number of aromatic nitrogens is 3. The molecule has 2 aromatic heterocycles. The van der Waals surface area contributed by atoms with E-state index in [1.54, 1.807) is 17.4 Å². The van der Waals surface area contributed by atoms with Crippen molar-refractivity contribution < 1.29 is 4.90 Å². The van der Waals surface area contributed by atoms with Crippen LogP contribution >= 0.6 is 11.3 Å². The summed E-state index contributed by atoms with van der Waals surface area (Å²) in [5.41, 5.74) is 1.70. The van der Waals surface area contributed by atoms with E-state index in [1.807, 2.05) is 36.4 Å². The molecule has 0 fully saturated rings. The van der Waals surface area contributed by atoms with Crippen molar-refractivity contribution in [3.63, 3.8) is 0 Å². The molecule has 0 saturated heterocycles. The van der Waals surface area contributed by atoms with Crippen LogP contribution in [0.25, 0.3) is 21.1 Å². The van der Waals surface area contributed by atoms with Gasteiger partial charge in [-0.2, -0.15) is 0 Å². The Morgan fingerprint density at radius 1 is 1.08 bits per heavy atom. The minimum absolute atomic E-state index is 0.0596. The predicted molar refractivity (Wildman–Crippen MR) is 101 cm³/mol. The quantitative estimate of drug-likeness (QED) is 0.593. The van der Waals surface area contributed by atoms with E-state index >= 15 is 0 Å². The summed E-state index contributed by atoms with van der Waals surface area (Å²) in [4.78, 5) is 25.8. The van der Waals surface area contributed by atoms with Crippen molar-refractivity contribution >= 4 is 32.5 Å². The summed E-state index contributed by atoms with van der Waals surface area (Å²) in [5.74, 6) is 0.710.